The van der Waals surface area contributed by atoms with Crippen molar-refractivity contribution in [2.75, 3.05) is 0 Å². The van der Waals surface area contributed by atoms with Crippen LogP contribution in [-0.2, 0) is 0 Å². The van der Waals surface area contributed by atoms with E-state index in [9.17, 15) is 0 Å². The van der Waals surface area contributed by atoms with Crippen LogP contribution in [0, 0.1) is 0 Å². The van der Waals surface area contributed by atoms with E-state index >= 15 is 0 Å². The molecule has 0 aliphatic heterocycles. The molecule has 8 aromatic carbocycles. The number of pyridine rings is 1. The summed E-state index contributed by atoms with van der Waals surface area (Å²) in [5.74, 6) is 0. The van der Waals surface area contributed by atoms with Crippen molar-refractivity contribution in [1.29, 1.82) is 0 Å². The number of benzene rings is 8. The highest BCUT2D eigenvalue weighted by Crippen LogP contribution is 2.40. The van der Waals surface area contributed by atoms with Gasteiger partial charge < -0.3 is 4.42 Å². The molecule has 0 N–H and O–H groups in total. The highest BCUT2D eigenvalue weighted by molar-refractivity contribution is 6.25. The molecule has 0 radical (unpaired) electrons. The Balaban J connectivity index is 1.05. The molecule has 250 valence electrons. The van der Waals surface area contributed by atoms with Gasteiger partial charge in [0, 0.05) is 38.1 Å². The molecule has 0 saturated carbocycles. The van der Waals surface area contributed by atoms with Crippen LogP contribution in [0.2, 0.25) is 0 Å². The lowest BCUT2D eigenvalue weighted by atomic mass is 9.94. The molecule has 0 unspecified atom stereocenters. The van der Waals surface area contributed by atoms with Gasteiger partial charge in [0.05, 0.1) is 39.7 Å². The van der Waals surface area contributed by atoms with Crippen molar-refractivity contribution in [1.82, 2.24) is 19.4 Å². The van der Waals surface area contributed by atoms with E-state index in [-0.39, 0.29) is 0 Å². The lowest BCUT2D eigenvalue weighted by Crippen LogP contribution is -1.96. The van der Waals surface area contributed by atoms with Crippen LogP contribution in [-0.4, -0.2) is 19.4 Å². The molecule has 0 bridgehead atoms. The Bertz CT molecular complexity index is 3490. The zero-order valence-electron chi connectivity index (χ0n) is 28.9. The van der Waals surface area contributed by atoms with Gasteiger partial charge in [0.1, 0.15) is 11.2 Å². The van der Waals surface area contributed by atoms with Crippen LogP contribution >= 0.6 is 0 Å². The van der Waals surface area contributed by atoms with Crippen molar-refractivity contribution in [2.24, 2.45) is 0 Å². The highest BCUT2D eigenvalue weighted by atomic mass is 16.3. The summed E-state index contributed by atoms with van der Waals surface area (Å²) in [5.41, 5.74) is 12.6. The molecule has 0 aliphatic carbocycles. The number of nitrogens with zero attached hydrogens (tertiary/aromatic N) is 4. The van der Waals surface area contributed by atoms with Gasteiger partial charge in [0.2, 0.25) is 0 Å². The Morgan fingerprint density at radius 2 is 1.06 bits per heavy atom. The quantitative estimate of drug-likeness (QED) is 0.173. The van der Waals surface area contributed by atoms with Crippen molar-refractivity contribution in [2.45, 2.75) is 0 Å². The second kappa shape index (κ2) is 11.1. The van der Waals surface area contributed by atoms with Crippen molar-refractivity contribution in [3.05, 3.63) is 170 Å². The second-order valence-corrected chi connectivity index (χ2v) is 14.0. The summed E-state index contributed by atoms with van der Waals surface area (Å²) in [6.45, 7) is 0. The predicted octanol–water partition coefficient (Wildman–Crippen LogP) is 12.8. The summed E-state index contributed by atoms with van der Waals surface area (Å²) in [5, 5.41) is 9.04. The number of hydrogen-bond acceptors (Lipinski definition) is 4. The van der Waals surface area contributed by atoms with Gasteiger partial charge in [-0.25, -0.2) is 15.0 Å². The molecule has 4 heterocycles. The normalized spacial score (nSPS) is 12.1. The van der Waals surface area contributed by atoms with E-state index in [1.165, 1.54) is 10.8 Å². The van der Waals surface area contributed by atoms with E-state index in [2.05, 4.69) is 138 Å². The van der Waals surface area contributed by atoms with Gasteiger partial charge in [-0.05, 0) is 57.6 Å². The summed E-state index contributed by atoms with van der Waals surface area (Å²) in [7, 11) is 0. The predicted molar refractivity (Wildman–Crippen MR) is 222 cm³/mol. The fourth-order valence-corrected chi connectivity index (χ4v) is 8.40. The molecule has 0 saturated heterocycles. The molecule has 12 rings (SSSR count). The van der Waals surface area contributed by atoms with E-state index in [0.29, 0.717) is 0 Å². The first-order chi connectivity index (χ1) is 26.7. The lowest BCUT2D eigenvalue weighted by molar-refractivity contribution is 0.666. The summed E-state index contributed by atoms with van der Waals surface area (Å²) < 4.78 is 8.51. The van der Waals surface area contributed by atoms with Gasteiger partial charge >= 0.3 is 0 Å². The molecule has 5 nitrogen and oxygen atoms in total. The Morgan fingerprint density at radius 1 is 0.389 bits per heavy atom. The van der Waals surface area contributed by atoms with Crippen molar-refractivity contribution < 1.29 is 4.42 Å². The van der Waals surface area contributed by atoms with Gasteiger partial charge in [-0.2, -0.15) is 0 Å². The smallest absolute Gasteiger partial charge is 0.152 e. The molecule has 0 aliphatic rings. The lowest BCUT2D eigenvalue weighted by Gasteiger charge is -2.13. The van der Waals surface area contributed by atoms with Gasteiger partial charge in [0.15, 0.2) is 5.58 Å². The number of furan rings is 1. The largest absolute Gasteiger partial charge is 0.455 e. The maximum Gasteiger partial charge on any atom is 0.152 e. The highest BCUT2D eigenvalue weighted by Gasteiger charge is 2.19. The van der Waals surface area contributed by atoms with Crippen LogP contribution < -0.4 is 0 Å². The maximum absolute atomic E-state index is 6.32. The third kappa shape index (κ3) is 4.24. The molecule has 12 aromatic rings. The zero-order valence-corrected chi connectivity index (χ0v) is 28.9. The van der Waals surface area contributed by atoms with Crippen LogP contribution in [0.1, 0.15) is 0 Å². The molecule has 4 aromatic heterocycles. The first-order valence-corrected chi connectivity index (χ1v) is 18.2. The van der Waals surface area contributed by atoms with Crippen LogP contribution in [0.15, 0.2) is 174 Å². The van der Waals surface area contributed by atoms with Crippen LogP contribution in [0.4, 0.5) is 0 Å². The molecule has 0 atom stereocenters. The molecular formula is C49H28N4O. The maximum atomic E-state index is 6.32. The third-order valence-electron chi connectivity index (χ3n) is 10.9. The average Bonchev–Trinajstić information content (AvgIpc) is 3.80. The minimum Gasteiger partial charge on any atom is -0.455 e. The zero-order chi connectivity index (χ0) is 35.3. The van der Waals surface area contributed by atoms with E-state index in [4.69, 9.17) is 19.4 Å². The van der Waals surface area contributed by atoms with Crippen molar-refractivity contribution in [3.8, 4) is 33.6 Å². The van der Waals surface area contributed by atoms with E-state index in [1.807, 2.05) is 36.4 Å². The molecule has 54 heavy (non-hydrogen) atoms. The molecular weight excluding hydrogens is 661 g/mol. The Morgan fingerprint density at radius 3 is 1.85 bits per heavy atom. The fourth-order valence-electron chi connectivity index (χ4n) is 8.40. The average molecular weight is 689 g/mol. The first kappa shape index (κ1) is 29.2. The van der Waals surface area contributed by atoms with Crippen LogP contribution in [0.25, 0.3) is 116 Å². The standard InChI is InChI=1S/C49H28N4O/c1-3-11-29(12-4-1)45-46(30-13-5-2-6-14-30)52-47-34-22-19-31(25-33(34)21-24-41(47)50-45)32-20-23-38-39(26-32)35-15-7-8-17-37(35)48-49(38)53-28-43-40(27-44(53)51-48)36-16-9-10-18-42(36)54-43/h1-28H. The van der Waals surface area contributed by atoms with Crippen LogP contribution in [0.5, 0.6) is 0 Å². The number of fused-ring (bicyclic) bond motifs is 14. The van der Waals surface area contributed by atoms with E-state index < -0.39 is 0 Å². The van der Waals surface area contributed by atoms with Crippen LogP contribution in [0.3, 0.4) is 0 Å². The number of rotatable bonds is 3. The topological polar surface area (TPSA) is 56.2 Å². The van der Waals surface area contributed by atoms with Gasteiger partial charge in [-0.15, -0.1) is 0 Å². The monoisotopic (exact) mass is 688 g/mol. The van der Waals surface area contributed by atoms with Gasteiger partial charge in [0.25, 0.3) is 0 Å². The van der Waals surface area contributed by atoms with Crippen molar-refractivity contribution >= 4 is 82.0 Å². The fraction of sp³-hybridized carbons (Fsp3) is 0. The number of hydrogen-bond donors (Lipinski definition) is 0. The number of aromatic nitrogens is 4. The molecule has 0 amide bonds. The van der Waals surface area contributed by atoms with E-state index in [0.717, 1.165) is 105 Å². The van der Waals surface area contributed by atoms with Gasteiger partial charge in [-0.1, -0.05) is 133 Å². The summed E-state index contributed by atoms with van der Waals surface area (Å²) in [4.78, 5) is 15.8. The molecule has 0 fully saturated rings. The number of imidazole rings is 1. The Hall–Kier alpha value is -7.37. The second-order valence-electron chi connectivity index (χ2n) is 14.0. The summed E-state index contributed by atoms with van der Waals surface area (Å²) in [6.07, 6.45) is 2.10. The Kier molecular flexibility index (Phi) is 5.99. The minimum absolute atomic E-state index is 0.849. The molecule has 0 spiro atoms. The van der Waals surface area contributed by atoms with Gasteiger partial charge in [-0.3, -0.25) is 4.40 Å². The summed E-state index contributed by atoms with van der Waals surface area (Å²) >= 11 is 0. The van der Waals surface area contributed by atoms with E-state index in [1.54, 1.807) is 0 Å². The molecule has 5 heteroatoms. The van der Waals surface area contributed by atoms with Crippen molar-refractivity contribution in [3.63, 3.8) is 0 Å². The minimum atomic E-state index is 0.849. The Labute approximate surface area is 308 Å². The first-order valence-electron chi connectivity index (χ1n) is 18.2. The number of para-hydroxylation sites is 1. The third-order valence-corrected chi connectivity index (χ3v) is 10.9. The summed E-state index contributed by atoms with van der Waals surface area (Å²) in [6, 6.07) is 57.4. The SMILES string of the molecule is c1ccc(-c2nc3ccc4cc(-c5ccc6c(c5)c5ccccc5c5nc7cc8c(cn7c65)oc5ccccc58)ccc4c3nc2-c2ccccc2)cc1.